The zero-order valence-corrected chi connectivity index (χ0v) is 12.2. The van der Waals surface area contributed by atoms with Gasteiger partial charge in [0.1, 0.15) is 0 Å². The summed E-state index contributed by atoms with van der Waals surface area (Å²) in [5.74, 6) is 0.415. The molecule has 0 spiro atoms. The van der Waals surface area contributed by atoms with Crippen LogP contribution in [0.1, 0.15) is 35.6 Å². The summed E-state index contributed by atoms with van der Waals surface area (Å²) in [4.78, 5) is 20.1. The molecule has 2 heterocycles. The molecule has 1 aliphatic carbocycles. The number of hydrogen-bond acceptors (Lipinski definition) is 3. The largest absolute Gasteiger partial charge is 0.361 e. The number of Topliss-reactive ketones (excluding diaryl/α,β-unsaturated/α-hetero) is 1. The fourth-order valence-corrected chi connectivity index (χ4v) is 2.81. The predicted molar refractivity (Wildman–Crippen MR) is 76.5 cm³/mol. The molecule has 2 aromatic heterocycles. The van der Waals surface area contributed by atoms with E-state index in [-0.39, 0.29) is 11.5 Å². The zero-order valence-electron chi connectivity index (χ0n) is 12.2. The van der Waals surface area contributed by atoms with Crippen LogP contribution in [0.2, 0.25) is 0 Å². The number of aromatic nitrogens is 3. The molecular formula is C15H15N5O. The highest BCUT2D eigenvalue weighted by atomic mass is 16.1. The van der Waals surface area contributed by atoms with Crippen molar-refractivity contribution in [3.05, 3.63) is 46.9 Å². The zero-order chi connectivity index (χ0) is 15.2. The maximum absolute atomic E-state index is 12.6. The van der Waals surface area contributed by atoms with Crippen molar-refractivity contribution in [2.24, 2.45) is 5.41 Å². The van der Waals surface area contributed by atoms with Crippen molar-refractivity contribution in [1.82, 2.24) is 14.8 Å². The highest BCUT2D eigenvalue weighted by Crippen LogP contribution is 2.34. The average Bonchev–Trinajstić information content (AvgIpc) is 2.76. The van der Waals surface area contributed by atoms with Crippen LogP contribution in [0.15, 0.2) is 24.4 Å². The average molecular weight is 281 g/mol. The Bertz CT molecular complexity index is 782. The topological polar surface area (TPSA) is 84.2 Å². The maximum Gasteiger partial charge on any atom is 0.345 e. The van der Waals surface area contributed by atoms with Crippen LogP contribution in [0.25, 0.3) is 11.3 Å². The van der Waals surface area contributed by atoms with E-state index < -0.39 is 5.41 Å². The Balaban J connectivity index is 2.27. The Labute approximate surface area is 122 Å². The Kier molecular flexibility index (Phi) is 2.85. The molecule has 1 aliphatic rings. The minimum Gasteiger partial charge on any atom is -0.361 e. The number of ketones is 1. The summed E-state index contributed by atoms with van der Waals surface area (Å²) >= 11 is 0. The van der Waals surface area contributed by atoms with E-state index in [1.807, 2.05) is 32.0 Å². The van der Waals surface area contributed by atoms with Gasteiger partial charge in [-0.2, -0.15) is 9.89 Å². The summed E-state index contributed by atoms with van der Waals surface area (Å²) in [6.07, 6.45) is 2.25. The molecule has 6 heteroatoms. The summed E-state index contributed by atoms with van der Waals surface area (Å²) < 4.78 is 1.71. The van der Waals surface area contributed by atoms with Crippen LogP contribution in [0, 0.1) is 12.3 Å². The monoisotopic (exact) mass is 281 g/mol. The summed E-state index contributed by atoms with van der Waals surface area (Å²) in [6.45, 7) is 5.55. The van der Waals surface area contributed by atoms with Gasteiger partial charge in [-0.05, 0) is 32.9 Å². The lowest BCUT2D eigenvalue weighted by Gasteiger charge is -2.24. The smallest absolute Gasteiger partial charge is 0.345 e. The van der Waals surface area contributed by atoms with Crippen molar-refractivity contribution in [2.75, 3.05) is 0 Å². The van der Waals surface area contributed by atoms with Crippen molar-refractivity contribution >= 4 is 11.5 Å². The molecule has 0 N–H and O–H groups in total. The van der Waals surface area contributed by atoms with Crippen LogP contribution < -0.4 is 0 Å². The Hall–Kier alpha value is -2.59. The van der Waals surface area contributed by atoms with Gasteiger partial charge < -0.3 is 5.53 Å². The Morgan fingerprint density at radius 3 is 2.76 bits per heavy atom. The van der Waals surface area contributed by atoms with Crippen LogP contribution in [0.5, 0.6) is 0 Å². The van der Waals surface area contributed by atoms with E-state index in [0.29, 0.717) is 23.5 Å². The van der Waals surface area contributed by atoms with Gasteiger partial charge in [0.05, 0.1) is 22.4 Å². The number of aryl methyl sites for hydroxylation is 1. The molecule has 0 unspecified atom stereocenters. The summed E-state index contributed by atoms with van der Waals surface area (Å²) in [5, 5.41) is 4.44. The van der Waals surface area contributed by atoms with Crippen LogP contribution >= 0.6 is 0 Å². The second kappa shape index (κ2) is 4.46. The van der Waals surface area contributed by atoms with Crippen molar-refractivity contribution in [1.29, 1.82) is 0 Å². The van der Waals surface area contributed by atoms with Crippen LogP contribution in [0.3, 0.4) is 0 Å². The van der Waals surface area contributed by atoms with Gasteiger partial charge in [-0.25, -0.2) is 9.67 Å². The van der Waals surface area contributed by atoms with Gasteiger partial charge in [-0.3, -0.25) is 4.79 Å². The standard InChI is InChI=1S/C15H15N5O/c1-9-12-10(8-15(2,3)14(18-16)13(12)21)20(19-9)11-6-4-5-7-17-11/h4-7H,8H2,1-3H3. The molecule has 0 amide bonds. The van der Waals surface area contributed by atoms with Gasteiger partial charge in [0.2, 0.25) is 0 Å². The molecule has 106 valence electrons. The number of nitrogens with zero attached hydrogens (tertiary/aromatic N) is 5. The number of carbonyl (C=O) groups excluding carboxylic acids is 1. The molecule has 0 aliphatic heterocycles. The summed E-state index contributed by atoms with van der Waals surface area (Å²) in [6, 6.07) is 5.56. The van der Waals surface area contributed by atoms with Gasteiger partial charge in [-0.15, -0.1) is 0 Å². The van der Waals surface area contributed by atoms with E-state index in [9.17, 15) is 4.79 Å². The molecule has 0 saturated carbocycles. The van der Waals surface area contributed by atoms with E-state index in [0.717, 1.165) is 5.69 Å². The molecule has 0 atom stereocenters. The first kappa shape index (κ1) is 13.4. The summed E-state index contributed by atoms with van der Waals surface area (Å²) in [7, 11) is 0. The second-order valence-electron chi connectivity index (χ2n) is 5.85. The number of pyridine rings is 1. The molecule has 2 aromatic rings. The van der Waals surface area contributed by atoms with Crippen LogP contribution in [-0.2, 0) is 6.42 Å². The van der Waals surface area contributed by atoms with Crippen molar-refractivity contribution < 1.29 is 9.58 Å². The van der Waals surface area contributed by atoms with E-state index in [4.69, 9.17) is 5.53 Å². The third-order valence-corrected chi connectivity index (χ3v) is 3.81. The molecular weight excluding hydrogens is 266 g/mol. The predicted octanol–water partition coefficient (Wildman–Crippen LogP) is 2.01. The summed E-state index contributed by atoms with van der Waals surface area (Å²) in [5.41, 5.74) is 10.8. The number of rotatable bonds is 1. The highest BCUT2D eigenvalue weighted by molar-refractivity contribution is 6.46. The van der Waals surface area contributed by atoms with Crippen molar-refractivity contribution in [3.8, 4) is 5.82 Å². The number of carbonyl (C=O) groups is 1. The van der Waals surface area contributed by atoms with Gasteiger partial charge in [0, 0.05) is 12.6 Å². The Morgan fingerprint density at radius 2 is 2.14 bits per heavy atom. The van der Waals surface area contributed by atoms with E-state index in [1.165, 1.54) is 0 Å². The molecule has 0 aromatic carbocycles. The van der Waals surface area contributed by atoms with E-state index in [2.05, 4.69) is 14.9 Å². The fraction of sp³-hybridized carbons (Fsp3) is 0.333. The number of fused-ring (bicyclic) bond motifs is 1. The third-order valence-electron chi connectivity index (χ3n) is 3.81. The quantitative estimate of drug-likeness (QED) is 0.592. The molecule has 0 fully saturated rings. The maximum atomic E-state index is 12.6. The molecule has 0 radical (unpaired) electrons. The van der Waals surface area contributed by atoms with E-state index >= 15 is 0 Å². The van der Waals surface area contributed by atoms with Gasteiger partial charge in [0.15, 0.2) is 5.82 Å². The number of hydrogen-bond donors (Lipinski definition) is 0. The highest BCUT2D eigenvalue weighted by Gasteiger charge is 2.47. The molecule has 0 bridgehead atoms. The van der Waals surface area contributed by atoms with Gasteiger partial charge >= 0.3 is 5.71 Å². The lowest BCUT2D eigenvalue weighted by Crippen LogP contribution is -2.40. The Morgan fingerprint density at radius 1 is 1.38 bits per heavy atom. The first-order valence-corrected chi connectivity index (χ1v) is 6.73. The molecule has 0 saturated heterocycles. The molecule has 21 heavy (non-hydrogen) atoms. The second-order valence-corrected chi connectivity index (χ2v) is 5.85. The minimum atomic E-state index is -0.544. The normalized spacial score (nSPS) is 16.5. The first-order chi connectivity index (χ1) is 9.95. The SMILES string of the molecule is Cc1nn(-c2ccccn2)c2c1C(=O)C(=[N+]=[N-])C(C)(C)C2. The van der Waals surface area contributed by atoms with Gasteiger partial charge in [0.25, 0.3) is 5.78 Å². The van der Waals surface area contributed by atoms with Crippen molar-refractivity contribution in [2.45, 2.75) is 27.2 Å². The van der Waals surface area contributed by atoms with Crippen molar-refractivity contribution in [3.63, 3.8) is 0 Å². The van der Waals surface area contributed by atoms with E-state index in [1.54, 1.807) is 17.8 Å². The molecule has 6 nitrogen and oxygen atoms in total. The lowest BCUT2D eigenvalue weighted by atomic mass is 9.74. The minimum absolute atomic E-state index is 0.179. The van der Waals surface area contributed by atoms with Crippen LogP contribution in [-0.4, -0.2) is 31.0 Å². The van der Waals surface area contributed by atoms with Crippen LogP contribution in [0.4, 0.5) is 0 Å². The third kappa shape index (κ3) is 1.92. The fourth-order valence-electron chi connectivity index (χ4n) is 2.81. The molecule has 3 rings (SSSR count). The first-order valence-electron chi connectivity index (χ1n) is 6.73. The lowest BCUT2D eigenvalue weighted by molar-refractivity contribution is -0.0196. The van der Waals surface area contributed by atoms with Gasteiger partial charge in [-0.1, -0.05) is 6.07 Å².